The topological polar surface area (TPSA) is 164 Å². The summed E-state index contributed by atoms with van der Waals surface area (Å²) >= 11 is 3.33. The van der Waals surface area contributed by atoms with E-state index in [1.54, 1.807) is 94.7 Å². The third-order valence-electron chi connectivity index (χ3n) is 9.46. The van der Waals surface area contributed by atoms with E-state index in [1.807, 2.05) is 12.1 Å². The van der Waals surface area contributed by atoms with E-state index < -0.39 is 23.6 Å². The maximum absolute atomic E-state index is 12.4. The van der Waals surface area contributed by atoms with E-state index in [9.17, 15) is 19.2 Å². The van der Waals surface area contributed by atoms with Crippen molar-refractivity contribution in [1.29, 1.82) is 5.26 Å². The Balaban J connectivity index is 0.000000238. The zero-order chi connectivity index (χ0) is 46.7. The number of carbonyl (C=O) groups is 4. The molecule has 2 heterocycles. The van der Waals surface area contributed by atoms with Crippen LogP contribution in [0.1, 0.15) is 31.2 Å². The van der Waals surface area contributed by atoms with E-state index in [2.05, 4.69) is 41.9 Å². The Morgan fingerprint density at radius 2 is 0.985 bits per heavy atom. The van der Waals surface area contributed by atoms with E-state index in [0.29, 0.717) is 131 Å². The Morgan fingerprint density at radius 1 is 0.554 bits per heavy atom. The first-order chi connectivity index (χ1) is 31.7. The SMILES string of the molecule is [C-]#[N+]c1ccc(OCCCBr)cc1.[C-]#[N+]c1cccc(OCCCN2CCN(CCCOc3ccc(C#N)cc3)C(=O)C2=O)c1.[C-]#[N+]c1cccc(OCCCN2CCNC(=O)C2=O)c1. The Kier molecular flexibility index (Phi) is 21.7. The molecule has 2 aliphatic rings. The molecule has 4 aromatic rings. The van der Waals surface area contributed by atoms with E-state index in [1.165, 1.54) is 4.90 Å². The molecule has 1 N–H and O–H groups in total. The number of hydrogen-bond donors (Lipinski definition) is 1. The molecule has 17 heteroatoms. The van der Waals surface area contributed by atoms with E-state index in [-0.39, 0.29) is 0 Å². The fraction of sp³-hybridized carbons (Fsp3) is 0.333. The fourth-order valence-electron chi connectivity index (χ4n) is 6.09. The molecule has 0 spiro atoms. The lowest BCUT2D eigenvalue weighted by atomic mass is 10.2. The first-order valence-electron chi connectivity index (χ1n) is 20.8. The van der Waals surface area contributed by atoms with Gasteiger partial charge in [0.1, 0.15) is 23.0 Å². The highest BCUT2D eigenvalue weighted by atomic mass is 79.9. The molecular weight excluding hydrogens is 896 g/mol. The van der Waals surface area contributed by atoms with Crippen LogP contribution in [0.4, 0.5) is 17.1 Å². The number of nitrogens with one attached hydrogen (secondary N) is 1. The standard InChI is InChI=1S/C24H24N4O4.C14H15N3O3.C10H10BrNO/c1-26-20-5-2-6-22(17-20)32-16-4-12-28-14-13-27(23(29)24(28)30)11-3-15-31-21-9-7-19(18-25)8-10-21;1-15-11-4-2-5-12(10-11)20-9-3-7-17-8-6-16-13(18)14(17)19;1-12-9-3-5-10(6-4-9)13-8-2-7-11/h2,5-10,17H,3-4,11-16H2;2,4-5,10H,3,6-9H2,(H,16,18);3-6H,2,7-8H2. The number of carbonyl (C=O) groups excluding carboxylic acids is 4. The molecule has 336 valence electrons. The fourth-order valence-corrected chi connectivity index (χ4v) is 6.32. The highest BCUT2D eigenvalue weighted by molar-refractivity contribution is 9.09. The Labute approximate surface area is 387 Å². The summed E-state index contributed by atoms with van der Waals surface area (Å²) in [5, 5.41) is 12.3. The average molecular weight is 946 g/mol. The van der Waals surface area contributed by atoms with Crippen LogP contribution in [-0.4, -0.2) is 116 Å². The van der Waals surface area contributed by atoms with Crippen LogP contribution in [-0.2, 0) is 19.2 Å². The van der Waals surface area contributed by atoms with Gasteiger partial charge in [-0.05, 0) is 86.3 Å². The second kappa shape index (κ2) is 28.2. The van der Waals surface area contributed by atoms with Crippen molar-refractivity contribution >= 4 is 56.6 Å². The quantitative estimate of drug-likeness (QED) is 0.0437. The van der Waals surface area contributed by atoms with Gasteiger partial charge >= 0.3 is 23.6 Å². The number of nitrogens with zero attached hydrogens (tertiary/aromatic N) is 7. The number of benzene rings is 4. The Morgan fingerprint density at radius 3 is 1.43 bits per heavy atom. The van der Waals surface area contributed by atoms with Gasteiger partial charge in [0.05, 0.1) is 57.8 Å². The highest BCUT2D eigenvalue weighted by Crippen LogP contribution is 2.22. The van der Waals surface area contributed by atoms with Gasteiger partial charge in [-0.3, -0.25) is 19.2 Å². The molecule has 2 fully saturated rings. The second-order valence-corrected chi connectivity index (χ2v) is 14.9. The van der Waals surface area contributed by atoms with Crippen LogP contribution in [0.2, 0.25) is 0 Å². The normalized spacial score (nSPS) is 13.0. The van der Waals surface area contributed by atoms with Crippen molar-refractivity contribution in [3.63, 3.8) is 0 Å². The Hall–Kier alpha value is -7.60. The molecule has 16 nitrogen and oxygen atoms in total. The average Bonchev–Trinajstić information content (AvgIpc) is 3.34. The summed E-state index contributed by atoms with van der Waals surface area (Å²) in [6.45, 7) is 26.1. The largest absolute Gasteiger partial charge is 0.495 e. The third kappa shape index (κ3) is 17.6. The van der Waals surface area contributed by atoms with Gasteiger partial charge in [0.2, 0.25) is 0 Å². The van der Waals surface area contributed by atoms with Crippen molar-refractivity contribution < 1.29 is 38.1 Å². The zero-order valence-electron chi connectivity index (χ0n) is 35.8. The minimum atomic E-state index is -0.540. The van der Waals surface area contributed by atoms with Crippen LogP contribution in [0.3, 0.4) is 0 Å². The summed E-state index contributed by atoms with van der Waals surface area (Å²) in [6.07, 6.45) is 2.84. The number of halogens is 1. The van der Waals surface area contributed by atoms with Gasteiger partial charge in [-0.25, -0.2) is 14.5 Å². The molecule has 4 amide bonds. The molecule has 0 bridgehead atoms. The third-order valence-corrected chi connectivity index (χ3v) is 10.0. The lowest BCUT2D eigenvalue weighted by Gasteiger charge is -2.33. The molecule has 4 aromatic carbocycles. The molecule has 0 atom stereocenters. The monoisotopic (exact) mass is 944 g/mol. The minimum absolute atomic E-state index is 0.399. The number of nitriles is 1. The molecule has 0 aliphatic carbocycles. The van der Waals surface area contributed by atoms with Crippen LogP contribution >= 0.6 is 15.9 Å². The van der Waals surface area contributed by atoms with E-state index >= 15 is 0 Å². The number of piperazine rings is 2. The van der Waals surface area contributed by atoms with Crippen molar-refractivity contribution in [3.05, 3.63) is 137 Å². The molecule has 0 unspecified atom stereocenters. The van der Waals surface area contributed by atoms with Gasteiger partial charge < -0.3 is 39.0 Å². The summed E-state index contributed by atoms with van der Waals surface area (Å²) in [7, 11) is 0. The van der Waals surface area contributed by atoms with Crippen molar-refractivity contribution in [2.24, 2.45) is 0 Å². The van der Waals surface area contributed by atoms with Crippen LogP contribution in [0, 0.1) is 31.0 Å². The second-order valence-electron chi connectivity index (χ2n) is 14.1. The van der Waals surface area contributed by atoms with Gasteiger partial charge in [-0.15, -0.1) is 0 Å². The molecule has 0 aromatic heterocycles. The number of alkyl halides is 1. The summed E-state index contributed by atoms with van der Waals surface area (Å²) in [6, 6.07) is 29.9. The van der Waals surface area contributed by atoms with Gasteiger partial charge in [0.25, 0.3) is 0 Å². The molecule has 2 aliphatic heterocycles. The first kappa shape index (κ1) is 50.0. The number of rotatable bonds is 19. The predicted octanol–water partition coefficient (Wildman–Crippen LogP) is 7.38. The van der Waals surface area contributed by atoms with Gasteiger partial charge in [-0.2, -0.15) is 5.26 Å². The first-order valence-corrected chi connectivity index (χ1v) is 21.9. The zero-order valence-corrected chi connectivity index (χ0v) is 37.4. The lowest BCUT2D eigenvalue weighted by Crippen LogP contribution is -2.54. The molecule has 0 radical (unpaired) electrons. The summed E-state index contributed by atoms with van der Waals surface area (Å²) in [5.74, 6) is 0.760. The Bertz CT molecular complexity index is 2350. The molecular formula is C48H49BrN8O8. The number of amides is 4. The smallest absolute Gasteiger partial charge is 0.312 e. The van der Waals surface area contributed by atoms with Crippen molar-refractivity contribution in [2.45, 2.75) is 25.7 Å². The van der Waals surface area contributed by atoms with Crippen LogP contribution in [0.25, 0.3) is 14.5 Å². The van der Waals surface area contributed by atoms with Crippen LogP contribution in [0.5, 0.6) is 23.0 Å². The van der Waals surface area contributed by atoms with Gasteiger partial charge in [-0.1, -0.05) is 52.3 Å². The lowest BCUT2D eigenvalue weighted by molar-refractivity contribution is -0.156. The summed E-state index contributed by atoms with van der Waals surface area (Å²) in [4.78, 5) is 62.1. The maximum atomic E-state index is 12.4. The van der Waals surface area contributed by atoms with Crippen LogP contribution in [0.15, 0.2) is 97.1 Å². The van der Waals surface area contributed by atoms with Gasteiger partial charge in [0, 0.05) is 51.1 Å². The summed E-state index contributed by atoms with van der Waals surface area (Å²) in [5.41, 5.74) is 2.26. The molecule has 0 saturated carbocycles. The molecule has 2 saturated heterocycles. The minimum Gasteiger partial charge on any atom is -0.495 e. The van der Waals surface area contributed by atoms with E-state index in [0.717, 1.165) is 17.5 Å². The van der Waals surface area contributed by atoms with Crippen LogP contribution < -0.4 is 24.3 Å². The van der Waals surface area contributed by atoms with Crippen molar-refractivity contribution in [3.8, 4) is 29.1 Å². The maximum Gasteiger partial charge on any atom is 0.312 e. The van der Waals surface area contributed by atoms with Crippen molar-refractivity contribution in [2.75, 3.05) is 77.6 Å². The predicted molar refractivity (Wildman–Crippen MR) is 246 cm³/mol. The van der Waals surface area contributed by atoms with Crippen molar-refractivity contribution in [1.82, 2.24) is 20.0 Å². The van der Waals surface area contributed by atoms with E-state index in [4.69, 9.17) is 43.9 Å². The molecule has 65 heavy (non-hydrogen) atoms. The summed E-state index contributed by atoms with van der Waals surface area (Å²) < 4.78 is 22.2. The molecule has 6 rings (SSSR count). The number of ether oxygens (including phenoxy) is 4. The highest BCUT2D eigenvalue weighted by Gasteiger charge is 2.31. The van der Waals surface area contributed by atoms with Gasteiger partial charge in [0.15, 0.2) is 17.1 Å². The number of hydrogen-bond acceptors (Lipinski definition) is 9.